The number of hydrogen-bond acceptors (Lipinski definition) is 2. The molecule has 1 saturated heterocycles. The lowest BCUT2D eigenvalue weighted by atomic mass is 9.85. The van der Waals surface area contributed by atoms with Crippen LogP contribution in [0.3, 0.4) is 0 Å². The Balaban J connectivity index is 2.22. The van der Waals surface area contributed by atoms with Crippen molar-refractivity contribution in [2.24, 2.45) is 11.8 Å². The van der Waals surface area contributed by atoms with Crippen LogP contribution in [0.15, 0.2) is 24.3 Å². The van der Waals surface area contributed by atoms with Crippen molar-refractivity contribution in [2.75, 3.05) is 11.4 Å². The SMILES string of the molecule is CC1CC(C)C(C)N(c2ccccc2CNC(C)(C)C)C1. The van der Waals surface area contributed by atoms with Crippen molar-refractivity contribution in [3.63, 3.8) is 0 Å². The van der Waals surface area contributed by atoms with Gasteiger partial charge in [-0.25, -0.2) is 0 Å². The van der Waals surface area contributed by atoms with E-state index in [4.69, 9.17) is 0 Å². The minimum absolute atomic E-state index is 0.154. The summed E-state index contributed by atoms with van der Waals surface area (Å²) in [5, 5.41) is 3.63. The van der Waals surface area contributed by atoms with Crippen LogP contribution in [0.1, 0.15) is 53.5 Å². The second-order valence-electron chi connectivity index (χ2n) is 7.94. The molecule has 1 N–H and O–H groups in total. The number of para-hydroxylation sites is 1. The van der Waals surface area contributed by atoms with Crippen LogP contribution in [0.25, 0.3) is 0 Å². The zero-order chi connectivity index (χ0) is 15.6. The largest absolute Gasteiger partial charge is 0.368 e. The molecule has 118 valence electrons. The van der Waals surface area contributed by atoms with Crippen molar-refractivity contribution >= 4 is 5.69 Å². The second kappa shape index (κ2) is 6.39. The Labute approximate surface area is 130 Å². The van der Waals surface area contributed by atoms with Gasteiger partial charge in [0.1, 0.15) is 0 Å². The molecule has 1 fully saturated rings. The van der Waals surface area contributed by atoms with Crippen LogP contribution < -0.4 is 10.2 Å². The van der Waals surface area contributed by atoms with Crippen molar-refractivity contribution in [3.8, 4) is 0 Å². The Bertz CT molecular complexity index is 461. The van der Waals surface area contributed by atoms with Gasteiger partial charge in [-0.05, 0) is 57.6 Å². The van der Waals surface area contributed by atoms with Crippen LogP contribution in [0.2, 0.25) is 0 Å². The molecule has 1 aromatic rings. The van der Waals surface area contributed by atoms with Gasteiger partial charge in [0, 0.05) is 30.4 Å². The Hall–Kier alpha value is -1.02. The minimum atomic E-state index is 0.154. The molecule has 0 spiro atoms. The quantitative estimate of drug-likeness (QED) is 0.884. The van der Waals surface area contributed by atoms with E-state index in [9.17, 15) is 0 Å². The van der Waals surface area contributed by atoms with Crippen LogP contribution >= 0.6 is 0 Å². The molecular formula is C19H32N2. The summed E-state index contributed by atoms with van der Waals surface area (Å²) in [5.74, 6) is 1.54. The lowest BCUT2D eigenvalue weighted by Crippen LogP contribution is -2.46. The first-order valence-electron chi connectivity index (χ1n) is 8.37. The number of piperidine rings is 1. The van der Waals surface area contributed by atoms with Gasteiger partial charge in [-0.15, -0.1) is 0 Å². The Morgan fingerprint density at radius 2 is 1.81 bits per heavy atom. The van der Waals surface area contributed by atoms with E-state index < -0.39 is 0 Å². The molecule has 3 atom stereocenters. The molecule has 0 bridgehead atoms. The van der Waals surface area contributed by atoms with Crippen molar-refractivity contribution < 1.29 is 0 Å². The van der Waals surface area contributed by atoms with Crippen LogP contribution in [-0.2, 0) is 6.54 Å². The fraction of sp³-hybridized carbons (Fsp3) is 0.684. The van der Waals surface area contributed by atoms with E-state index in [0.29, 0.717) is 6.04 Å². The number of rotatable bonds is 3. The highest BCUT2D eigenvalue weighted by Gasteiger charge is 2.29. The zero-order valence-corrected chi connectivity index (χ0v) is 14.6. The van der Waals surface area contributed by atoms with Crippen molar-refractivity contribution in [1.29, 1.82) is 0 Å². The van der Waals surface area contributed by atoms with Crippen LogP contribution in [-0.4, -0.2) is 18.1 Å². The molecule has 0 amide bonds. The Kier molecular flexibility index (Phi) is 4.98. The smallest absolute Gasteiger partial charge is 0.0414 e. The summed E-state index contributed by atoms with van der Waals surface area (Å²) in [4.78, 5) is 2.62. The summed E-state index contributed by atoms with van der Waals surface area (Å²) in [6.45, 7) is 15.9. The molecule has 2 nitrogen and oxygen atoms in total. The van der Waals surface area contributed by atoms with E-state index in [-0.39, 0.29) is 5.54 Å². The predicted molar refractivity (Wildman–Crippen MR) is 92.8 cm³/mol. The fourth-order valence-electron chi connectivity index (χ4n) is 3.33. The van der Waals surface area contributed by atoms with Crippen molar-refractivity contribution in [2.45, 2.75) is 66.1 Å². The summed E-state index contributed by atoms with van der Waals surface area (Å²) < 4.78 is 0. The molecule has 2 rings (SSSR count). The summed E-state index contributed by atoms with van der Waals surface area (Å²) in [6, 6.07) is 9.51. The van der Waals surface area contributed by atoms with Gasteiger partial charge in [-0.3, -0.25) is 0 Å². The number of benzene rings is 1. The molecule has 21 heavy (non-hydrogen) atoms. The van der Waals surface area contributed by atoms with Gasteiger partial charge in [0.15, 0.2) is 0 Å². The first kappa shape index (κ1) is 16.4. The van der Waals surface area contributed by atoms with Gasteiger partial charge in [0.25, 0.3) is 0 Å². The molecule has 0 radical (unpaired) electrons. The highest BCUT2D eigenvalue weighted by molar-refractivity contribution is 5.55. The Morgan fingerprint density at radius 3 is 2.48 bits per heavy atom. The van der Waals surface area contributed by atoms with Gasteiger partial charge in [0.2, 0.25) is 0 Å². The second-order valence-corrected chi connectivity index (χ2v) is 7.94. The normalized spacial score (nSPS) is 27.0. The zero-order valence-electron chi connectivity index (χ0n) is 14.6. The molecule has 0 saturated carbocycles. The average Bonchev–Trinajstić information content (AvgIpc) is 2.40. The summed E-state index contributed by atoms with van der Waals surface area (Å²) in [7, 11) is 0. The Morgan fingerprint density at radius 1 is 1.14 bits per heavy atom. The fourth-order valence-corrected chi connectivity index (χ4v) is 3.33. The van der Waals surface area contributed by atoms with Gasteiger partial charge < -0.3 is 10.2 Å². The van der Waals surface area contributed by atoms with Crippen molar-refractivity contribution in [3.05, 3.63) is 29.8 Å². The van der Waals surface area contributed by atoms with E-state index in [1.807, 2.05) is 0 Å². The highest BCUT2D eigenvalue weighted by Crippen LogP contribution is 2.33. The van der Waals surface area contributed by atoms with Crippen LogP contribution in [0.5, 0.6) is 0 Å². The maximum absolute atomic E-state index is 3.63. The van der Waals surface area contributed by atoms with E-state index in [1.165, 1.54) is 24.2 Å². The van der Waals surface area contributed by atoms with Crippen molar-refractivity contribution in [1.82, 2.24) is 5.32 Å². The first-order chi connectivity index (χ1) is 9.78. The van der Waals surface area contributed by atoms with Gasteiger partial charge in [-0.2, -0.15) is 0 Å². The molecule has 3 unspecified atom stereocenters. The monoisotopic (exact) mass is 288 g/mol. The van der Waals surface area contributed by atoms with E-state index in [1.54, 1.807) is 0 Å². The molecule has 1 aliphatic heterocycles. The molecule has 1 aromatic carbocycles. The predicted octanol–water partition coefficient (Wildman–Crippen LogP) is 4.45. The number of anilines is 1. The van der Waals surface area contributed by atoms with E-state index >= 15 is 0 Å². The molecule has 2 heteroatoms. The number of nitrogens with one attached hydrogen (secondary N) is 1. The third-order valence-electron chi connectivity index (χ3n) is 4.71. The summed E-state index contributed by atoms with van der Waals surface area (Å²) in [6.07, 6.45) is 1.35. The van der Waals surface area contributed by atoms with Crippen LogP contribution in [0.4, 0.5) is 5.69 Å². The summed E-state index contributed by atoms with van der Waals surface area (Å²) >= 11 is 0. The molecule has 0 aliphatic carbocycles. The van der Waals surface area contributed by atoms with E-state index in [0.717, 1.165) is 18.4 Å². The lowest BCUT2D eigenvalue weighted by Gasteiger charge is -2.43. The third kappa shape index (κ3) is 4.23. The maximum atomic E-state index is 3.63. The molecule has 1 aliphatic rings. The highest BCUT2D eigenvalue weighted by atomic mass is 15.2. The molecule has 1 heterocycles. The van der Waals surface area contributed by atoms with Gasteiger partial charge in [0.05, 0.1) is 0 Å². The standard InChI is InChI=1S/C19H32N2/c1-14-11-15(2)16(3)21(13-14)18-10-8-7-9-17(18)12-20-19(4,5)6/h7-10,14-16,20H,11-13H2,1-6H3. The number of nitrogens with zero attached hydrogens (tertiary/aromatic N) is 1. The van der Waals surface area contributed by atoms with Crippen LogP contribution in [0, 0.1) is 11.8 Å². The third-order valence-corrected chi connectivity index (χ3v) is 4.71. The van der Waals surface area contributed by atoms with E-state index in [2.05, 4.69) is 76.0 Å². The maximum Gasteiger partial charge on any atom is 0.0414 e. The molecule has 0 aromatic heterocycles. The number of hydrogen-bond donors (Lipinski definition) is 1. The summed E-state index contributed by atoms with van der Waals surface area (Å²) in [5.41, 5.74) is 2.99. The first-order valence-corrected chi connectivity index (χ1v) is 8.37. The van der Waals surface area contributed by atoms with Gasteiger partial charge >= 0.3 is 0 Å². The lowest BCUT2D eigenvalue weighted by molar-refractivity contribution is 0.296. The van der Waals surface area contributed by atoms with Gasteiger partial charge in [-0.1, -0.05) is 32.0 Å². The molecular weight excluding hydrogens is 256 g/mol. The minimum Gasteiger partial charge on any atom is -0.368 e. The average molecular weight is 288 g/mol. The topological polar surface area (TPSA) is 15.3 Å².